The minimum Gasteiger partial charge on any atom is -0.378 e. The van der Waals surface area contributed by atoms with Gasteiger partial charge >= 0.3 is 0 Å². The van der Waals surface area contributed by atoms with Crippen LogP contribution in [0, 0.1) is 6.92 Å². The zero-order valence-electron chi connectivity index (χ0n) is 15.6. The van der Waals surface area contributed by atoms with Crippen molar-refractivity contribution in [1.29, 1.82) is 0 Å². The van der Waals surface area contributed by atoms with E-state index < -0.39 is 10.0 Å². The quantitative estimate of drug-likeness (QED) is 0.804. The van der Waals surface area contributed by atoms with Crippen LogP contribution < -0.4 is 10.2 Å². The highest BCUT2D eigenvalue weighted by Crippen LogP contribution is 2.15. The van der Waals surface area contributed by atoms with E-state index in [9.17, 15) is 13.2 Å². The standard InChI is InChI=1S/C19H25N3O3S/c1-15-5-11-18(12-6-15)26(24,25)22(4)14-19(23)20-13-16-7-9-17(10-8-16)21(2)3/h5-12H,13-14H2,1-4H3,(H,20,23). The van der Waals surface area contributed by atoms with Crippen LogP contribution in [0.1, 0.15) is 11.1 Å². The number of aryl methyl sites for hydroxylation is 1. The van der Waals surface area contributed by atoms with Crippen LogP contribution in [-0.4, -0.2) is 46.3 Å². The highest BCUT2D eigenvalue weighted by atomic mass is 32.2. The molecule has 0 bridgehead atoms. The second-order valence-corrected chi connectivity index (χ2v) is 8.46. The molecule has 0 aliphatic carbocycles. The molecule has 2 rings (SSSR count). The molecule has 1 amide bonds. The normalized spacial score (nSPS) is 11.4. The van der Waals surface area contributed by atoms with E-state index in [1.807, 2.05) is 50.2 Å². The number of nitrogens with zero attached hydrogens (tertiary/aromatic N) is 2. The molecule has 140 valence electrons. The fraction of sp³-hybridized carbons (Fsp3) is 0.316. The van der Waals surface area contributed by atoms with Gasteiger partial charge < -0.3 is 10.2 Å². The van der Waals surface area contributed by atoms with Crippen LogP contribution in [0.25, 0.3) is 0 Å². The Balaban J connectivity index is 1.93. The third kappa shape index (κ3) is 5.06. The van der Waals surface area contributed by atoms with E-state index >= 15 is 0 Å². The molecule has 0 aliphatic rings. The van der Waals surface area contributed by atoms with Crippen LogP contribution in [0.5, 0.6) is 0 Å². The molecule has 0 spiro atoms. The minimum absolute atomic E-state index is 0.178. The van der Waals surface area contributed by atoms with Gasteiger partial charge in [-0.05, 0) is 36.8 Å². The molecule has 0 aliphatic heterocycles. The third-order valence-corrected chi connectivity index (χ3v) is 5.86. The predicted octanol–water partition coefficient (Wildman–Crippen LogP) is 2.00. The number of benzene rings is 2. The van der Waals surface area contributed by atoms with Gasteiger partial charge in [-0.3, -0.25) is 4.79 Å². The van der Waals surface area contributed by atoms with Gasteiger partial charge in [0.1, 0.15) is 0 Å². The van der Waals surface area contributed by atoms with Crippen LogP contribution in [0.15, 0.2) is 53.4 Å². The second kappa shape index (κ2) is 8.33. The molecule has 7 heteroatoms. The fourth-order valence-corrected chi connectivity index (χ4v) is 3.47. The number of carbonyl (C=O) groups excluding carboxylic acids is 1. The van der Waals surface area contributed by atoms with Gasteiger partial charge in [0, 0.05) is 33.4 Å². The molecular formula is C19H25N3O3S. The van der Waals surface area contributed by atoms with Gasteiger partial charge in [-0.15, -0.1) is 0 Å². The lowest BCUT2D eigenvalue weighted by atomic mass is 10.2. The summed E-state index contributed by atoms with van der Waals surface area (Å²) in [5, 5.41) is 2.75. The van der Waals surface area contributed by atoms with E-state index in [2.05, 4.69) is 5.32 Å². The van der Waals surface area contributed by atoms with Gasteiger partial charge in [-0.25, -0.2) is 8.42 Å². The molecule has 0 radical (unpaired) electrons. The highest BCUT2D eigenvalue weighted by Gasteiger charge is 2.22. The van der Waals surface area contributed by atoms with E-state index in [4.69, 9.17) is 0 Å². The van der Waals surface area contributed by atoms with Gasteiger partial charge in [0.15, 0.2) is 0 Å². The van der Waals surface area contributed by atoms with Crippen LogP contribution in [0.2, 0.25) is 0 Å². The van der Waals surface area contributed by atoms with Gasteiger partial charge in [-0.1, -0.05) is 29.8 Å². The van der Waals surface area contributed by atoms with Crippen molar-refractivity contribution in [2.75, 3.05) is 32.6 Å². The first kappa shape index (κ1) is 19.9. The Morgan fingerprint density at radius 2 is 1.54 bits per heavy atom. The molecule has 0 fully saturated rings. The molecule has 0 heterocycles. The summed E-state index contributed by atoms with van der Waals surface area (Å²) in [4.78, 5) is 14.3. The minimum atomic E-state index is -3.68. The van der Waals surface area contributed by atoms with E-state index in [0.717, 1.165) is 21.1 Å². The topological polar surface area (TPSA) is 69.7 Å². The SMILES string of the molecule is Cc1ccc(S(=O)(=O)N(C)CC(=O)NCc2ccc(N(C)C)cc2)cc1. The Morgan fingerprint density at radius 1 is 0.962 bits per heavy atom. The maximum absolute atomic E-state index is 12.5. The van der Waals surface area contributed by atoms with E-state index in [1.54, 1.807) is 24.3 Å². The number of nitrogens with one attached hydrogen (secondary N) is 1. The van der Waals surface area contributed by atoms with Gasteiger partial charge in [-0.2, -0.15) is 4.31 Å². The first-order valence-corrected chi connectivity index (χ1v) is 9.70. The summed E-state index contributed by atoms with van der Waals surface area (Å²) in [5.74, 6) is -0.347. The van der Waals surface area contributed by atoms with Gasteiger partial charge in [0.05, 0.1) is 11.4 Å². The Hall–Kier alpha value is -2.38. The monoisotopic (exact) mass is 375 g/mol. The Labute approximate surface area is 155 Å². The summed E-state index contributed by atoms with van der Waals surface area (Å²) < 4.78 is 26.0. The molecule has 0 atom stereocenters. The smallest absolute Gasteiger partial charge is 0.243 e. The number of rotatable bonds is 7. The van der Waals surface area contributed by atoms with Crippen molar-refractivity contribution < 1.29 is 13.2 Å². The van der Waals surface area contributed by atoms with Crippen molar-refractivity contribution in [3.8, 4) is 0 Å². The molecule has 2 aromatic rings. The highest BCUT2D eigenvalue weighted by molar-refractivity contribution is 7.89. The van der Waals surface area contributed by atoms with Crippen molar-refractivity contribution in [2.24, 2.45) is 0 Å². The fourth-order valence-electron chi connectivity index (χ4n) is 2.35. The Bertz CT molecular complexity index is 845. The molecule has 0 aromatic heterocycles. The summed E-state index contributed by atoms with van der Waals surface area (Å²) in [6.45, 7) is 2.01. The number of anilines is 1. The van der Waals surface area contributed by atoms with Crippen molar-refractivity contribution >= 4 is 21.6 Å². The summed E-state index contributed by atoms with van der Waals surface area (Å²) in [7, 11) is 1.64. The molecule has 0 saturated carbocycles. The van der Waals surface area contributed by atoms with Gasteiger partial charge in [0.2, 0.25) is 15.9 Å². The molecule has 0 saturated heterocycles. The predicted molar refractivity (Wildman–Crippen MR) is 104 cm³/mol. The van der Waals surface area contributed by atoms with Crippen molar-refractivity contribution in [2.45, 2.75) is 18.4 Å². The Morgan fingerprint density at radius 3 is 2.08 bits per heavy atom. The third-order valence-electron chi connectivity index (χ3n) is 4.04. The molecule has 26 heavy (non-hydrogen) atoms. The van der Waals surface area contributed by atoms with Crippen molar-refractivity contribution in [1.82, 2.24) is 9.62 Å². The van der Waals surface area contributed by atoms with E-state index in [-0.39, 0.29) is 17.3 Å². The van der Waals surface area contributed by atoms with E-state index in [1.165, 1.54) is 7.05 Å². The lowest BCUT2D eigenvalue weighted by Crippen LogP contribution is -2.38. The summed E-state index contributed by atoms with van der Waals surface area (Å²) in [6.07, 6.45) is 0. The number of hydrogen-bond donors (Lipinski definition) is 1. The largest absolute Gasteiger partial charge is 0.378 e. The molecule has 6 nitrogen and oxygen atoms in total. The summed E-state index contributed by atoms with van der Waals surface area (Å²) in [6, 6.07) is 14.4. The zero-order valence-corrected chi connectivity index (χ0v) is 16.4. The number of sulfonamides is 1. The first-order valence-electron chi connectivity index (χ1n) is 8.26. The molecule has 0 unspecified atom stereocenters. The van der Waals surface area contributed by atoms with Crippen LogP contribution in [0.4, 0.5) is 5.69 Å². The number of amides is 1. The number of carbonyl (C=O) groups is 1. The number of likely N-dealkylation sites (N-methyl/N-ethyl adjacent to an activating group) is 1. The first-order chi connectivity index (χ1) is 12.2. The molecule has 2 aromatic carbocycles. The lowest BCUT2D eigenvalue weighted by molar-refractivity contribution is -0.121. The van der Waals surface area contributed by atoms with Gasteiger partial charge in [0.25, 0.3) is 0 Å². The number of hydrogen-bond acceptors (Lipinski definition) is 4. The summed E-state index contributed by atoms with van der Waals surface area (Å²) in [5.41, 5.74) is 3.00. The van der Waals surface area contributed by atoms with Crippen LogP contribution in [-0.2, 0) is 21.4 Å². The van der Waals surface area contributed by atoms with Crippen LogP contribution in [0.3, 0.4) is 0 Å². The van der Waals surface area contributed by atoms with Crippen molar-refractivity contribution in [3.05, 3.63) is 59.7 Å². The second-order valence-electron chi connectivity index (χ2n) is 6.41. The summed E-state index contributed by atoms with van der Waals surface area (Å²) >= 11 is 0. The molecular weight excluding hydrogens is 350 g/mol. The van der Waals surface area contributed by atoms with Crippen LogP contribution >= 0.6 is 0 Å². The lowest BCUT2D eigenvalue weighted by Gasteiger charge is -2.17. The van der Waals surface area contributed by atoms with Crippen molar-refractivity contribution in [3.63, 3.8) is 0 Å². The maximum Gasteiger partial charge on any atom is 0.243 e. The van der Waals surface area contributed by atoms with E-state index in [0.29, 0.717) is 6.54 Å². The molecule has 1 N–H and O–H groups in total. The zero-order chi connectivity index (χ0) is 19.3. The maximum atomic E-state index is 12.5. The Kier molecular flexibility index (Phi) is 6.39. The average molecular weight is 375 g/mol. The average Bonchev–Trinajstić information content (AvgIpc) is 2.60.